The average molecular weight is 208 g/mol. The Morgan fingerprint density at radius 2 is 2.20 bits per heavy atom. The molecule has 0 bridgehead atoms. The summed E-state index contributed by atoms with van der Waals surface area (Å²) in [5, 5.41) is 10.3. The number of hydrogen-bond donors (Lipinski definition) is 1. The molecule has 1 aromatic heterocycles. The molecule has 1 N–H and O–H groups in total. The van der Waals surface area contributed by atoms with Gasteiger partial charge in [-0.1, -0.05) is 19.3 Å². The summed E-state index contributed by atoms with van der Waals surface area (Å²) < 4.78 is 2.04. The Morgan fingerprint density at radius 3 is 2.87 bits per heavy atom. The summed E-state index contributed by atoms with van der Waals surface area (Å²) in [5.74, 6) is 1.27. The van der Waals surface area contributed by atoms with E-state index in [1.807, 2.05) is 10.8 Å². The second-order valence-corrected chi connectivity index (χ2v) is 4.41. The zero-order valence-corrected chi connectivity index (χ0v) is 9.39. The van der Waals surface area contributed by atoms with Gasteiger partial charge in [0.15, 0.2) is 0 Å². The molecule has 1 aliphatic rings. The maximum Gasteiger partial charge on any atom is 0.137 e. The predicted molar refractivity (Wildman–Crippen MR) is 59.4 cm³/mol. The summed E-state index contributed by atoms with van der Waals surface area (Å²) in [4.78, 5) is 4.28. The molecule has 1 heterocycles. The number of aryl methyl sites for hydroxylation is 1. The quantitative estimate of drug-likeness (QED) is 0.828. The van der Waals surface area contributed by atoms with E-state index in [4.69, 9.17) is 0 Å². The summed E-state index contributed by atoms with van der Waals surface area (Å²) >= 11 is 0. The third-order valence-electron chi connectivity index (χ3n) is 3.45. The van der Waals surface area contributed by atoms with Crippen molar-refractivity contribution in [1.29, 1.82) is 0 Å². The molecule has 84 valence electrons. The molecule has 0 amide bonds. The molecule has 15 heavy (non-hydrogen) atoms. The van der Waals surface area contributed by atoms with Crippen molar-refractivity contribution < 1.29 is 5.11 Å². The van der Waals surface area contributed by atoms with E-state index in [0.717, 1.165) is 25.2 Å². The molecule has 0 aliphatic heterocycles. The highest BCUT2D eigenvalue weighted by Crippen LogP contribution is 2.33. The molecule has 1 aromatic rings. The molecule has 0 aromatic carbocycles. The molecule has 1 saturated carbocycles. The zero-order chi connectivity index (χ0) is 10.7. The lowest BCUT2D eigenvalue weighted by atomic mass is 9.85. The normalized spacial score (nSPS) is 20.4. The maximum atomic E-state index is 10.3. The first kappa shape index (κ1) is 10.7. The van der Waals surface area contributed by atoms with E-state index in [1.54, 1.807) is 6.20 Å². The van der Waals surface area contributed by atoms with Crippen molar-refractivity contribution in [3.05, 3.63) is 18.2 Å². The Kier molecular flexibility index (Phi) is 3.41. The first-order chi connectivity index (χ1) is 7.33. The molecule has 3 nitrogen and oxygen atoms in total. The zero-order valence-electron chi connectivity index (χ0n) is 9.39. The number of hydrogen-bond acceptors (Lipinski definition) is 2. The number of aliphatic hydroxyl groups excluding tert-OH is 1. The fourth-order valence-electron chi connectivity index (χ4n) is 2.52. The number of rotatable bonds is 3. The van der Waals surface area contributed by atoms with Gasteiger partial charge in [-0.25, -0.2) is 4.98 Å². The summed E-state index contributed by atoms with van der Waals surface area (Å²) in [5.41, 5.74) is 0. The van der Waals surface area contributed by atoms with Gasteiger partial charge in [0.25, 0.3) is 0 Å². The van der Waals surface area contributed by atoms with Crippen LogP contribution in [0.5, 0.6) is 0 Å². The maximum absolute atomic E-state index is 10.3. The minimum absolute atomic E-state index is 0.361. The van der Waals surface area contributed by atoms with Crippen LogP contribution in [0.2, 0.25) is 0 Å². The van der Waals surface area contributed by atoms with Crippen LogP contribution in [0.3, 0.4) is 0 Å². The van der Waals surface area contributed by atoms with Crippen LogP contribution in [-0.4, -0.2) is 14.7 Å². The van der Waals surface area contributed by atoms with Gasteiger partial charge in [0.05, 0.1) is 0 Å². The lowest BCUT2D eigenvalue weighted by Gasteiger charge is -2.26. The Morgan fingerprint density at radius 1 is 1.47 bits per heavy atom. The van der Waals surface area contributed by atoms with E-state index in [9.17, 15) is 5.11 Å². The lowest BCUT2D eigenvalue weighted by Crippen LogP contribution is -2.19. The molecular weight excluding hydrogens is 188 g/mol. The fourth-order valence-corrected chi connectivity index (χ4v) is 2.52. The van der Waals surface area contributed by atoms with Gasteiger partial charge in [0, 0.05) is 18.9 Å². The van der Waals surface area contributed by atoms with E-state index < -0.39 is 0 Å². The lowest BCUT2D eigenvalue weighted by molar-refractivity contribution is 0.0741. The van der Waals surface area contributed by atoms with Crippen molar-refractivity contribution in [2.24, 2.45) is 5.92 Å². The highest BCUT2D eigenvalue weighted by atomic mass is 16.3. The van der Waals surface area contributed by atoms with Crippen molar-refractivity contribution in [2.75, 3.05) is 0 Å². The van der Waals surface area contributed by atoms with Gasteiger partial charge < -0.3 is 9.67 Å². The molecule has 1 atom stereocenters. The largest absolute Gasteiger partial charge is 0.385 e. The third kappa shape index (κ3) is 2.23. The summed E-state index contributed by atoms with van der Waals surface area (Å²) in [6, 6.07) is 0. The second kappa shape index (κ2) is 4.79. The van der Waals surface area contributed by atoms with Gasteiger partial charge in [0.1, 0.15) is 11.9 Å². The molecule has 1 unspecified atom stereocenters. The average Bonchev–Trinajstić information content (AvgIpc) is 2.77. The smallest absolute Gasteiger partial charge is 0.137 e. The Hall–Kier alpha value is -0.830. The van der Waals surface area contributed by atoms with Crippen LogP contribution >= 0.6 is 0 Å². The topological polar surface area (TPSA) is 38.0 Å². The van der Waals surface area contributed by atoms with E-state index in [-0.39, 0.29) is 6.10 Å². The van der Waals surface area contributed by atoms with Crippen molar-refractivity contribution in [3.8, 4) is 0 Å². The number of aromatic nitrogens is 2. The van der Waals surface area contributed by atoms with Crippen molar-refractivity contribution in [3.63, 3.8) is 0 Å². The van der Waals surface area contributed by atoms with Gasteiger partial charge in [-0.15, -0.1) is 0 Å². The fraction of sp³-hybridized carbons (Fsp3) is 0.750. The van der Waals surface area contributed by atoms with Crippen LogP contribution in [-0.2, 0) is 6.54 Å². The standard InChI is InChI=1S/C12H20N2O/c1-2-14-9-8-13-12(14)11(15)10-6-4-3-5-7-10/h8-11,15H,2-7H2,1H3. The first-order valence-corrected chi connectivity index (χ1v) is 6.02. The van der Waals surface area contributed by atoms with E-state index in [0.29, 0.717) is 5.92 Å². The van der Waals surface area contributed by atoms with Crippen LogP contribution in [0.1, 0.15) is 51.0 Å². The molecule has 3 heteroatoms. The molecule has 0 spiro atoms. The first-order valence-electron chi connectivity index (χ1n) is 6.02. The Bertz CT molecular complexity index is 302. The van der Waals surface area contributed by atoms with E-state index in [1.165, 1.54) is 19.3 Å². The summed E-state index contributed by atoms with van der Waals surface area (Å²) in [6.07, 6.45) is 9.51. The molecule has 1 fully saturated rings. The SMILES string of the molecule is CCn1ccnc1C(O)C1CCCCC1. The van der Waals surface area contributed by atoms with Crippen molar-refractivity contribution >= 4 is 0 Å². The Balaban J connectivity index is 2.08. The van der Waals surface area contributed by atoms with Crippen molar-refractivity contribution in [2.45, 2.75) is 51.7 Å². The molecule has 2 rings (SSSR count). The Labute approximate surface area is 91.1 Å². The third-order valence-corrected chi connectivity index (χ3v) is 3.45. The monoisotopic (exact) mass is 208 g/mol. The van der Waals surface area contributed by atoms with E-state index in [2.05, 4.69) is 11.9 Å². The van der Waals surface area contributed by atoms with Gasteiger partial charge in [-0.2, -0.15) is 0 Å². The number of imidazole rings is 1. The van der Waals surface area contributed by atoms with Crippen LogP contribution in [0.15, 0.2) is 12.4 Å². The van der Waals surface area contributed by atoms with Gasteiger partial charge >= 0.3 is 0 Å². The predicted octanol–water partition coefficient (Wildman–Crippen LogP) is 2.52. The minimum atomic E-state index is -0.361. The number of nitrogens with zero attached hydrogens (tertiary/aromatic N) is 2. The highest BCUT2D eigenvalue weighted by Gasteiger charge is 2.25. The van der Waals surface area contributed by atoms with Crippen LogP contribution in [0, 0.1) is 5.92 Å². The van der Waals surface area contributed by atoms with Crippen LogP contribution in [0.4, 0.5) is 0 Å². The molecule has 1 aliphatic carbocycles. The molecule has 0 saturated heterocycles. The van der Waals surface area contributed by atoms with E-state index >= 15 is 0 Å². The van der Waals surface area contributed by atoms with Crippen LogP contribution < -0.4 is 0 Å². The van der Waals surface area contributed by atoms with Gasteiger partial charge in [-0.05, 0) is 25.7 Å². The van der Waals surface area contributed by atoms with Crippen molar-refractivity contribution in [1.82, 2.24) is 9.55 Å². The minimum Gasteiger partial charge on any atom is -0.385 e. The molecule has 0 radical (unpaired) electrons. The number of aliphatic hydroxyl groups is 1. The highest BCUT2D eigenvalue weighted by molar-refractivity contribution is 4.98. The van der Waals surface area contributed by atoms with Crippen LogP contribution in [0.25, 0.3) is 0 Å². The summed E-state index contributed by atoms with van der Waals surface area (Å²) in [6.45, 7) is 2.97. The summed E-state index contributed by atoms with van der Waals surface area (Å²) in [7, 11) is 0. The van der Waals surface area contributed by atoms with Gasteiger partial charge in [-0.3, -0.25) is 0 Å². The van der Waals surface area contributed by atoms with Gasteiger partial charge in [0.2, 0.25) is 0 Å². The molecular formula is C12H20N2O. The second-order valence-electron chi connectivity index (χ2n) is 4.41.